The molecule has 2 aromatic heterocycles. The Bertz CT molecular complexity index is 1110. The molecular formula is C19H21N5O3. The van der Waals surface area contributed by atoms with Crippen molar-refractivity contribution in [2.75, 3.05) is 14.1 Å². The highest BCUT2D eigenvalue weighted by Crippen LogP contribution is 2.20. The van der Waals surface area contributed by atoms with Gasteiger partial charge in [0, 0.05) is 14.1 Å². The number of hydrogen-bond donors (Lipinski definition) is 0. The lowest BCUT2D eigenvalue weighted by atomic mass is 10.1. The summed E-state index contributed by atoms with van der Waals surface area (Å²) in [6.07, 6.45) is 2.65. The fraction of sp³-hybridized carbons (Fsp3) is 0.316. The lowest BCUT2D eigenvalue weighted by molar-refractivity contribution is -0.137. The van der Waals surface area contributed by atoms with E-state index in [-0.39, 0.29) is 5.39 Å². The van der Waals surface area contributed by atoms with Gasteiger partial charge < -0.3 is 4.90 Å². The zero-order valence-electron chi connectivity index (χ0n) is 15.9. The fourth-order valence-electron chi connectivity index (χ4n) is 2.98. The maximum atomic E-state index is 12.9. The first kappa shape index (κ1) is 18.5. The Balaban J connectivity index is 2.21. The topological polar surface area (TPSA) is 90.1 Å². The second kappa shape index (κ2) is 6.79. The van der Waals surface area contributed by atoms with Gasteiger partial charge in [-0.05, 0) is 38.0 Å². The third-order valence-corrected chi connectivity index (χ3v) is 4.66. The molecule has 0 unspecified atom stereocenters. The van der Waals surface area contributed by atoms with Crippen molar-refractivity contribution in [3.63, 3.8) is 0 Å². The van der Waals surface area contributed by atoms with E-state index in [9.17, 15) is 14.4 Å². The number of carbonyl (C=O) groups is 2. The van der Waals surface area contributed by atoms with Crippen molar-refractivity contribution < 1.29 is 9.59 Å². The van der Waals surface area contributed by atoms with Gasteiger partial charge >= 0.3 is 0 Å². The van der Waals surface area contributed by atoms with Gasteiger partial charge in [0.2, 0.25) is 0 Å². The Labute approximate surface area is 156 Å². The van der Waals surface area contributed by atoms with Crippen LogP contribution >= 0.6 is 0 Å². The molecule has 0 bridgehead atoms. The summed E-state index contributed by atoms with van der Waals surface area (Å²) in [5.41, 5.74) is 2.84. The number of aryl methyl sites for hydroxylation is 1. The number of aromatic nitrogens is 4. The second-order valence-corrected chi connectivity index (χ2v) is 6.72. The van der Waals surface area contributed by atoms with Crippen LogP contribution in [0.25, 0.3) is 16.7 Å². The molecule has 3 rings (SSSR count). The minimum Gasteiger partial charge on any atom is -0.347 e. The summed E-state index contributed by atoms with van der Waals surface area (Å²) in [6.45, 7) is 5.25. The predicted molar refractivity (Wildman–Crippen MR) is 101 cm³/mol. The molecule has 1 amide bonds. The van der Waals surface area contributed by atoms with E-state index >= 15 is 0 Å². The molecule has 0 fully saturated rings. The smallest absolute Gasteiger partial charge is 0.265 e. The number of rotatable bonds is 4. The standard InChI is InChI=1S/C19H21N5O3/c1-11-7-6-8-15(12(11)2)24-17-14(9-21-24)18(26)23(10-20-17)16(13(3)25)19(27)22(4)5/h6-10,16H,1-5H3/t16-/m0/s1. The number of benzene rings is 1. The zero-order valence-corrected chi connectivity index (χ0v) is 15.9. The Kier molecular flexibility index (Phi) is 4.65. The highest BCUT2D eigenvalue weighted by Gasteiger charge is 2.29. The van der Waals surface area contributed by atoms with Crippen LogP contribution in [0.15, 0.2) is 35.5 Å². The van der Waals surface area contributed by atoms with Gasteiger partial charge in [-0.15, -0.1) is 0 Å². The normalized spacial score (nSPS) is 12.2. The maximum absolute atomic E-state index is 12.9. The molecule has 0 aliphatic heterocycles. The first-order valence-electron chi connectivity index (χ1n) is 8.47. The van der Waals surface area contributed by atoms with Gasteiger partial charge in [-0.2, -0.15) is 5.10 Å². The minimum atomic E-state index is -1.24. The zero-order chi connectivity index (χ0) is 19.9. The van der Waals surface area contributed by atoms with Crippen LogP contribution in [-0.4, -0.2) is 50.0 Å². The van der Waals surface area contributed by atoms with E-state index in [1.807, 2.05) is 32.0 Å². The predicted octanol–water partition coefficient (Wildman–Crippen LogP) is 1.42. The summed E-state index contributed by atoms with van der Waals surface area (Å²) >= 11 is 0. The Morgan fingerprint density at radius 1 is 1.19 bits per heavy atom. The Hall–Kier alpha value is -3.29. The van der Waals surface area contributed by atoms with Crippen LogP contribution < -0.4 is 5.56 Å². The van der Waals surface area contributed by atoms with Crippen molar-refractivity contribution in [2.45, 2.75) is 26.8 Å². The molecule has 2 heterocycles. The quantitative estimate of drug-likeness (QED) is 0.651. The molecule has 0 aliphatic rings. The molecular weight excluding hydrogens is 346 g/mol. The summed E-state index contributed by atoms with van der Waals surface area (Å²) < 4.78 is 2.67. The lowest BCUT2D eigenvalue weighted by Gasteiger charge is -2.20. The molecule has 1 aromatic carbocycles. The molecule has 140 valence electrons. The third kappa shape index (κ3) is 3.03. The van der Waals surface area contributed by atoms with E-state index in [0.717, 1.165) is 21.4 Å². The van der Waals surface area contributed by atoms with Crippen LogP contribution in [0.3, 0.4) is 0 Å². The molecule has 0 N–H and O–H groups in total. The highest BCUT2D eigenvalue weighted by molar-refractivity contribution is 6.02. The van der Waals surface area contributed by atoms with Crippen molar-refractivity contribution in [1.82, 2.24) is 24.2 Å². The van der Waals surface area contributed by atoms with Crippen LogP contribution in [0.4, 0.5) is 0 Å². The van der Waals surface area contributed by atoms with Crippen molar-refractivity contribution in [3.05, 3.63) is 52.2 Å². The van der Waals surface area contributed by atoms with E-state index in [4.69, 9.17) is 0 Å². The van der Waals surface area contributed by atoms with Gasteiger partial charge in [0.05, 0.1) is 11.9 Å². The molecule has 27 heavy (non-hydrogen) atoms. The molecule has 0 saturated heterocycles. The van der Waals surface area contributed by atoms with Gasteiger partial charge in [-0.3, -0.25) is 19.0 Å². The van der Waals surface area contributed by atoms with Crippen molar-refractivity contribution in [2.24, 2.45) is 0 Å². The van der Waals surface area contributed by atoms with Crippen molar-refractivity contribution in [1.29, 1.82) is 0 Å². The number of hydrogen-bond acceptors (Lipinski definition) is 5. The summed E-state index contributed by atoms with van der Waals surface area (Å²) in [5.74, 6) is -0.911. The summed E-state index contributed by atoms with van der Waals surface area (Å²) in [5, 5.41) is 4.56. The van der Waals surface area contributed by atoms with Crippen LogP contribution in [0.2, 0.25) is 0 Å². The molecule has 1 atom stereocenters. The number of Topliss-reactive ketones (excluding diaryl/α,β-unsaturated/α-hetero) is 1. The summed E-state index contributed by atoms with van der Waals surface area (Å²) in [6, 6.07) is 4.56. The van der Waals surface area contributed by atoms with Crippen LogP contribution in [0.5, 0.6) is 0 Å². The van der Waals surface area contributed by atoms with Crippen LogP contribution in [0.1, 0.15) is 24.1 Å². The average Bonchev–Trinajstić information content (AvgIpc) is 3.03. The summed E-state index contributed by atoms with van der Waals surface area (Å²) in [4.78, 5) is 43.0. The monoisotopic (exact) mass is 367 g/mol. The van der Waals surface area contributed by atoms with Gasteiger partial charge in [-0.25, -0.2) is 9.67 Å². The number of likely N-dealkylation sites (N-methyl/N-ethyl adjacent to an activating group) is 1. The molecule has 0 aliphatic carbocycles. The molecule has 0 saturated carbocycles. The minimum absolute atomic E-state index is 0.246. The SMILES string of the molecule is CC(=O)[C@@H](C(=O)N(C)C)n1cnc2c(cnn2-c2cccc(C)c2C)c1=O. The Morgan fingerprint density at radius 3 is 2.52 bits per heavy atom. The largest absolute Gasteiger partial charge is 0.347 e. The number of ketones is 1. The molecule has 3 aromatic rings. The molecule has 8 heteroatoms. The van der Waals surface area contributed by atoms with E-state index in [2.05, 4.69) is 10.1 Å². The number of fused-ring (bicyclic) bond motifs is 1. The van der Waals surface area contributed by atoms with Gasteiger partial charge in [0.25, 0.3) is 11.5 Å². The molecule has 0 spiro atoms. The van der Waals surface area contributed by atoms with E-state index in [0.29, 0.717) is 5.65 Å². The van der Waals surface area contributed by atoms with E-state index in [1.165, 1.54) is 38.4 Å². The number of nitrogens with zero attached hydrogens (tertiary/aromatic N) is 5. The van der Waals surface area contributed by atoms with Crippen LogP contribution in [-0.2, 0) is 9.59 Å². The third-order valence-electron chi connectivity index (χ3n) is 4.66. The second-order valence-electron chi connectivity index (χ2n) is 6.72. The highest BCUT2D eigenvalue weighted by atomic mass is 16.2. The molecule has 0 radical (unpaired) electrons. The van der Waals surface area contributed by atoms with Crippen LogP contribution in [0, 0.1) is 13.8 Å². The first-order valence-corrected chi connectivity index (χ1v) is 8.47. The number of carbonyl (C=O) groups excluding carboxylic acids is 2. The van der Waals surface area contributed by atoms with Gasteiger partial charge in [0.15, 0.2) is 17.5 Å². The van der Waals surface area contributed by atoms with Gasteiger partial charge in [-0.1, -0.05) is 12.1 Å². The molecule has 8 nitrogen and oxygen atoms in total. The summed E-state index contributed by atoms with van der Waals surface area (Å²) in [7, 11) is 3.07. The first-order chi connectivity index (χ1) is 12.7. The Morgan fingerprint density at radius 2 is 1.89 bits per heavy atom. The van der Waals surface area contributed by atoms with Crippen molar-refractivity contribution >= 4 is 22.7 Å². The van der Waals surface area contributed by atoms with E-state index in [1.54, 1.807) is 4.68 Å². The van der Waals surface area contributed by atoms with Gasteiger partial charge in [0.1, 0.15) is 11.7 Å². The van der Waals surface area contributed by atoms with E-state index < -0.39 is 23.3 Å². The average molecular weight is 367 g/mol. The van der Waals surface area contributed by atoms with Crippen molar-refractivity contribution in [3.8, 4) is 5.69 Å². The maximum Gasteiger partial charge on any atom is 0.265 e. The number of amides is 1. The fourth-order valence-corrected chi connectivity index (χ4v) is 2.98. The lowest BCUT2D eigenvalue weighted by Crippen LogP contribution is -2.40.